The molecule has 4 aliphatic rings. The Morgan fingerprint density at radius 2 is 1.96 bits per heavy atom. The van der Waals surface area contributed by atoms with E-state index in [0.717, 1.165) is 25.7 Å². The molecule has 2 fully saturated rings. The van der Waals surface area contributed by atoms with Gasteiger partial charge >= 0.3 is 5.97 Å². The normalized spacial score (nSPS) is 41.9. The van der Waals surface area contributed by atoms with Crippen molar-refractivity contribution >= 4 is 17.5 Å². The SMILES string of the molecule is CC(=O)OCC(=O)[C@]1(O)CC[C@@H]2[C@@H]3CCC4=CC(=O)CC[C@]4(C)C3=CC[C@@]21C. The fourth-order valence-electron chi connectivity index (χ4n) is 6.61. The van der Waals surface area contributed by atoms with Crippen LogP contribution in [0.25, 0.3) is 0 Å². The van der Waals surface area contributed by atoms with Gasteiger partial charge in [0.15, 0.2) is 12.4 Å². The lowest BCUT2D eigenvalue weighted by atomic mass is 9.50. The molecule has 4 aliphatic carbocycles. The van der Waals surface area contributed by atoms with Crippen LogP contribution in [0.5, 0.6) is 0 Å². The summed E-state index contributed by atoms with van der Waals surface area (Å²) < 4.78 is 4.91. The maximum absolute atomic E-state index is 12.8. The highest BCUT2D eigenvalue weighted by atomic mass is 16.5. The Morgan fingerprint density at radius 1 is 1.21 bits per heavy atom. The van der Waals surface area contributed by atoms with Gasteiger partial charge in [0.25, 0.3) is 0 Å². The fourth-order valence-corrected chi connectivity index (χ4v) is 6.61. The first-order valence-corrected chi connectivity index (χ1v) is 10.5. The minimum Gasteiger partial charge on any atom is -0.458 e. The van der Waals surface area contributed by atoms with E-state index in [-0.39, 0.29) is 29.5 Å². The number of esters is 1. The Labute approximate surface area is 166 Å². The maximum Gasteiger partial charge on any atom is 0.303 e. The zero-order valence-electron chi connectivity index (χ0n) is 17.0. The molecular formula is C23H30O5. The van der Waals surface area contributed by atoms with Gasteiger partial charge in [0.05, 0.1) is 0 Å². The van der Waals surface area contributed by atoms with E-state index in [0.29, 0.717) is 25.2 Å². The first-order valence-electron chi connectivity index (χ1n) is 10.5. The Bertz CT molecular complexity index is 808. The zero-order valence-corrected chi connectivity index (χ0v) is 17.0. The van der Waals surface area contributed by atoms with Gasteiger partial charge in [-0.2, -0.15) is 0 Å². The predicted molar refractivity (Wildman–Crippen MR) is 103 cm³/mol. The van der Waals surface area contributed by atoms with E-state index >= 15 is 0 Å². The lowest BCUT2D eigenvalue weighted by Gasteiger charge is -2.54. The van der Waals surface area contributed by atoms with Crippen molar-refractivity contribution < 1.29 is 24.2 Å². The molecule has 5 nitrogen and oxygen atoms in total. The van der Waals surface area contributed by atoms with Crippen LogP contribution in [0.3, 0.4) is 0 Å². The summed E-state index contributed by atoms with van der Waals surface area (Å²) in [6.45, 7) is 5.21. The monoisotopic (exact) mass is 386 g/mol. The summed E-state index contributed by atoms with van der Waals surface area (Å²) >= 11 is 0. The van der Waals surface area contributed by atoms with Gasteiger partial charge in [0.1, 0.15) is 5.60 Å². The molecule has 5 atom stereocenters. The van der Waals surface area contributed by atoms with Crippen molar-refractivity contribution in [3.63, 3.8) is 0 Å². The van der Waals surface area contributed by atoms with Crippen LogP contribution in [-0.2, 0) is 19.1 Å². The van der Waals surface area contributed by atoms with E-state index in [1.807, 2.05) is 13.0 Å². The predicted octanol–water partition coefficient (Wildman–Crippen LogP) is 3.30. The number of ether oxygens (including phenoxy) is 1. The van der Waals surface area contributed by atoms with Crippen molar-refractivity contribution in [2.45, 2.75) is 71.3 Å². The van der Waals surface area contributed by atoms with Gasteiger partial charge in [-0.3, -0.25) is 14.4 Å². The van der Waals surface area contributed by atoms with Crippen LogP contribution < -0.4 is 0 Å². The van der Waals surface area contributed by atoms with E-state index in [1.54, 1.807) is 0 Å². The summed E-state index contributed by atoms with van der Waals surface area (Å²) in [7, 11) is 0. The van der Waals surface area contributed by atoms with E-state index in [1.165, 1.54) is 18.1 Å². The lowest BCUT2D eigenvalue weighted by molar-refractivity contribution is -0.162. The molecule has 0 aromatic rings. The third-order valence-electron chi connectivity index (χ3n) is 8.36. The number of Topliss-reactive ketones (excluding diaryl/α,β-unsaturated/α-hetero) is 1. The summed E-state index contributed by atoms with van der Waals surface area (Å²) in [5.74, 6) is -0.0813. The molecule has 152 valence electrons. The molecular weight excluding hydrogens is 356 g/mol. The second kappa shape index (κ2) is 6.38. The number of hydrogen-bond acceptors (Lipinski definition) is 5. The molecule has 5 heteroatoms. The fraction of sp³-hybridized carbons (Fsp3) is 0.696. The third kappa shape index (κ3) is 2.58. The van der Waals surface area contributed by atoms with Crippen LogP contribution in [0.1, 0.15) is 65.7 Å². The third-order valence-corrected chi connectivity index (χ3v) is 8.36. The number of fused-ring (bicyclic) bond motifs is 5. The van der Waals surface area contributed by atoms with Crippen molar-refractivity contribution in [3.05, 3.63) is 23.3 Å². The Kier molecular flexibility index (Phi) is 4.46. The van der Waals surface area contributed by atoms with Crippen molar-refractivity contribution in [3.8, 4) is 0 Å². The van der Waals surface area contributed by atoms with Crippen molar-refractivity contribution in [1.29, 1.82) is 0 Å². The van der Waals surface area contributed by atoms with Gasteiger partial charge in [-0.15, -0.1) is 0 Å². The van der Waals surface area contributed by atoms with Crippen LogP contribution >= 0.6 is 0 Å². The summed E-state index contributed by atoms with van der Waals surface area (Å²) in [6, 6.07) is 0. The van der Waals surface area contributed by atoms with Crippen LogP contribution in [0.2, 0.25) is 0 Å². The van der Waals surface area contributed by atoms with Crippen molar-refractivity contribution in [2.75, 3.05) is 6.61 Å². The van der Waals surface area contributed by atoms with Gasteiger partial charge < -0.3 is 9.84 Å². The van der Waals surface area contributed by atoms with Gasteiger partial charge in [0.2, 0.25) is 5.78 Å². The van der Waals surface area contributed by atoms with Crippen LogP contribution in [0, 0.1) is 22.7 Å². The molecule has 0 aromatic carbocycles. The smallest absolute Gasteiger partial charge is 0.303 e. The number of carbonyl (C=O) groups excluding carboxylic acids is 3. The second-order valence-electron chi connectivity index (χ2n) is 9.60. The molecule has 0 spiro atoms. The molecule has 28 heavy (non-hydrogen) atoms. The van der Waals surface area contributed by atoms with Gasteiger partial charge in [-0.05, 0) is 56.4 Å². The molecule has 0 unspecified atom stereocenters. The first-order chi connectivity index (χ1) is 13.1. The van der Waals surface area contributed by atoms with E-state index in [9.17, 15) is 19.5 Å². The van der Waals surface area contributed by atoms with Gasteiger partial charge in [-0.1, -0.05) is 31.1 Å². The number of carbonyl (C=O) groups is 3. The average Bonchev–Trinajstić information content (AvgIpc) is 2.92. The maximum atomic E-state index is 12.8. The second-order valence-corrected chi connectivity index (χ2v) is 9.60. The topological polar surface area (TPSA) is 80.7 Å². The van der Waals surface area contributed by atoms with Gasteiger partial charge in [-0.25, -0.2) is 0 Å². The molecule has 0 amide bonds. The molecule has 2 saturated carbocycles. The number of rotatable bonds is 3. The van der Waals surface area contributed by atoms with Crippen molar-refractivity contribution in [2.24, 2.45) is 22.7 Å². The van der Waals surface area contributed by atoms with Crippen LogP contribution in [0.15, 0.2) is 23.3 Å². The molecule has 0 bridgehead atoms. The van der Waals surface area contributed by atoms with E-state index in [4.69, 9.17) is 4.74 Å². The van der Waals surface area contributed by atoms with Gasteiger partial charge in [0, 0.05) is 24.2 Å². The molecule has 0 aliphatic heterocycles. The first kappa shape index (κ1) is 19.6. The summed E-state index contributed by atoms with van der Waals surface area (Å²) in [6.07, 6.45) is 9.31. The quantitative estimate of drug-likeness (QED) is 0.595. The lowest BCUT2D eigenvalue weighted by Crippen LogP contribution is -2.55. The van der Waals surface area contributed by atoms with Crippen LogP contribution in [-0.4, -0.2) is 34.9 Å². The number of hydrogen-bond donors (Lipinski definition) is 1. The average molecular weight is 386 g/mol. The molecule has 0 heterocycles. The molecule has 4 rings (SSSR count). The number of ketones is 2. The number of aliphatic hydroxyl groups is 1. The molecule has 0 saturated heterocycles. The number of allylic oxidation sites excluding steroid dienone is 4. The highest BCUT2D eigenvalue weighted by Crippen LogP contribution is 2.65. The highest BCUT2D eigenvalue weighted by Gasteiger charge is 2.64. The minimum absolute atomic E-state index is 0.0549. The molecule has 0 radical (unpaired) electrons. The minimum atomic E-state index is -1.45. The standard InChI is InChI=1S/C23H30O5/c1-14(24)28-13-20(26)23(27)11-8-19-17-5-4-15-12-16(25)6-9-21(15,2)18(17)7-10-22(19,23)3/h7,12,17,19,27H,4-6,8-11,13H2,1-3H3/t17-,19-,21+,22+,23-/m1/s1. The Morgan fingerprint density at radius 3 is 2.68 bits per heavy atom. The summed E-state index contributed by atoms with van der Waals surface area (Å²) in [5, 5.41) is 11.4. The Balaban J connectivity index is 1.66. The molecule has 0 aromatic heterocycles. The summed E-state index contributed by atoms with van der Waals surface area (Å²) in [4.78, 5) is 35.9. The van der Waals surface area contributed by atoms with Crippen molar-refractivity contribution in [1.82, 2.24) is 0 Å². The molecule has 1 N–H and O–H groups in total. The van der Waals surface area contributed by atoms with Crippen LogP contribution in [0.4, 0.5) is 0 Å². The largest absolute Gasteiger partial charge is 0.458 e. The summed E-state index contributed by atoms with van der Waals surface area (Å²) in [5.41, 5.74) is 0.626. The van der Waals surface area contributed by atoms with E-state index < -0.39 is 17.0 Å². The Hall–Kier alpha value is -1.75. The zero-order chi connectivity index (χ0) is 20.3. The highest BCUT2D eigenvalue weighted by molar-refractivity contribution is 5.92. The van der Waals surface area contributed by atoms with E-state index in [2.05, 4.69) is 13.0 Å².